The number of nitrogens with two attached hydrogens (primary N) is 1. The lowest BCUT2D eigenvalue weighted by Gasteiger charge is -2.34. The molecule has 1 amide bonds. The minimum atomic E-state index is -0.462. The second kappa shape index (κ2) is 11.3. The standard InChI is InChI=1S/C20H32N4O3.HI/c1-20(2,3)27-19(25)24-13-5-6-15(14-24)11-12-22-18(21)23-16-7-9-17(26-4)10-8-16;/h7-10,15H,5-6,11-14H2,1-4H3,(H3,21,22,23);1H. The number of aliphatic imine (C=N–C) groups is 1. The Labute approximate surface area is 185 Å². The van der Waals surface area contributed by atoms with Crippen LogP contribution in [0.5, 0.6) is 5.75 Å². The van der Waals surface area contributed by atoms with Crippen LogP contribution in [0.15, 0.2) is 29.3 Å². The van der Waals surface area contributed by atoms with Crippen molar-refractivity contribution in [3.63, 3.8) is 0 Å². The number of benzene rings is 1. The third-order valence-corrected chi connectivity index (χ3v) is 4.35. The van der Waals surface area contributed by atoms with Crippen molar-refractivity contribution in [3.05, 3.63) is 24.3 Å². The van der Waals surface area contributed by atoms with Crippen molar-refractivity contribution in [2.24, 2.45) is 16.6 Å². The number of halogens is 1. The second-order valence-electron chi connectivity index (χ2n) is 7.84. The molecule has 1 aliphatic rings. The van der Waals surface area contributed by atoms with E-state index in [1.165, 1.54) is 0 Å². The van der Waals surface area contributed by atoms with Crippen LogP contribution >= 0.6 is 24.0 Å². The summed E-state index contributed by atoms with van der Waals surface area (Å²) in [4.78, 5) is 18.4. The summed E-state index contributed by atoms with van der Waals surface area (Å²) < 4.78 is 10.6. The first-order valence-corrected chi connectivity index (χ1v) is 9.46. The highest BCUT2D eigenvalue weighted by Gasteiger charge is 2.27. The zero-order valence-electron chi connectivity index (χ0n) is 17.2. The lowest BCUT2D eigenvalue weighted by Crippen LogP contribution is -2.43. The average Bonchev–Trinajstić information content (AvgIpc) is 2.61. The Morgan fingerprint density at radius 3 is 2.61 bits per heavy atom. The number of hydrogen-bond donors (Lipinski definition) is 2. The summed E-state index contributed by atoms with van der Waals surface area (Å²) >= 11 is 0. The molecule has 1 aliphatic heterocycles. The van der Waals surface area contributed by atoms with Crippen molar-refractivity contribution in [1.29, 1.82) is 0 Å². The van der Waals surface area contributed by atoms with Crippen LogP contribution in [0.3, 0.4) is 0 Å². The number of piperidine rings is 1. The van der Waals surface area contributed by atoms with E-state index in [0.717, 1.165) is 43.8 Å². The van der Waals surface area contributed by atoms with Crippen LogP contribution < -0.4 is 15.8 Å². The van der Waals surface area contributed by atoms with Crippen LogP contribution in [0.1, 0.15) is 40.0 Å². The van der Waals surface area contributed by atoms with Gasteiger partial charge in [-0.15, -0.1) is 24.0 Å². The van der Waals surface area contributed by atoms with Gasteiger partial charge in [-0.1, -0.05) is 0 Å². The van der Waals surface area contributed by atoms with Crippen molar-refractivity contribution >= 4 is 41.7 Å². The summed E-state index contributed by atoms with van der Waals surface area (Å²) in [5, 5.41) is 3.07. The van der Waals surface area contributed by atoms with Gasteiger partial charge in [-0.2, -0.15) is 0 Å². The number of methoxy groups -OCH3 is 1. The highest BCUT2D eigenvalue weighted by Crippen LogP contribution is 2.22. The van der Waals surface area contributed by atoms with E-state index >= 15 is 0 Å². The third kappa shape index (κ3) is 8.53. The number of carbonyl (C=O) groups is 1. The zero-order chi connectivity index (χ0) is 19.9. The van der Waals surface area contributed by atoms with Crippen molar-refractivity contribution in [2.75, 3.05) is 32.1 Å². The summed E-state index contributed by atoms with van der Waals surface area (Å²) in [6.45, 7) is 7.77. The third-order valence-electron chi connectivity index (χ3n) is 4.35. The Morgan fingerprint density at radius 2 is 2.00 bits per heavy atom. The molecular weight excluding hydrogens is 471 g/mol. The Balaban J connectivity index is 0.00000392. The molecule has 1 aromatic carbocycles. The molecule has 1 aromatic rings. The van der Waals surface area contributed by atoms with Crippen LogP contribution in [-0.4, -0.2) is 49.3 Å². The number of hydrogen-bond acceptors (Lipinski definition) is 4. The molecule has 7 nitrogen and oxygen atoms in total. The number of nitrogens with zero attached hydrogens (tertiary/aromatic N) is 2. The second-order valence-corrected chi connectivity index (χ2v) is 7.84. The highest BCUT2D eigenvalue weighted by atomic mass is 127. The smallest absolute Gasteiger partial charge is 0.410 e. The van der Waals surface area contributed by atoms with Gasteiger partial charge in [0.25, 0.3) is 0 Å². The Hall–Kier alpha value is -1.71. The first kappa shape index (κ1) is 24.3. The predicted molar refractivity (Wildman–Crippen MR) is 124 cm³/mol. The van der Waals surface area contributed by atoms with Crippen LogP contribution in [0.4, 0.5) is 10.5 Å². The van der Waals surface area contributed by atoms with Crippen LogP contribution in [0.2, 0.25) is 0 Å². The molecule has 0 saturated carbocycles. The number of likely N-dealkylation sites (tertiary alicyclic amines) is 1. The first-order valence-electron chi connectivity index (χ1n) is 9.46. The Kier molecular flexibility index (Phi) is 9.84. The largest absolute Gasteiger partial charge is 0.497 e. The molecule has 0 aliphatic carbocycles. The summed E-state index contributed by atoms with van der Waals surface area (Å²) in [6, 6.07) is 7.51. The Bertz CT molecular complexity index is 644. The number of amides is 1. The van der Waals surface area contributed by atoms with E-state index < -0.39 is 5.60 Å². The number of carbonyl (C=O) groups excluding carboxylic acids is 1. The van der Waals surface area contributed by atoms with Gasteiger partial charge < -0.3 is 25.4 Å². The molecule has 3 N–H and O–H groups in total. The molecule has 1 saturated heterocycles. The van der Waals surface area contributed by atoms with E-state index in [-0.39, 0.29) is 30.1 Å². The quantitative estimate of drug-likeness (QED) is 0.359. The minimum Gasteiger partial charge on any atom is -0.497 e. The van der Waals surface area contributed by atoms with Gasteiger partial charge in [0, 0.05) is 25.3 Å². The fraction of sp³-hybridized carbons (Fsp3) is 0.600. The number of nitrogens with one attached hydrogen (secondary N) is 1. The summed E-state index contributed by atoms with van der Waals surface area (Å²) in [5.74, 6) is 1.60. The number of ether oxygens (including phenoxy) is 2. The van der Waals surface area contributed by atoms with E-state index in [1.54, 1.807) is 7.11 Å². The summed E-state index contributed by atoms with van der Waals surface area (Å²) in [7, 11) is 1.63. The molecule has 1 fully saturated rings. The molecule has 2 rings (SSSR count). The van der Waals surface area contributed by atoms with Gasteiger partial charge >= 0.3 is 6.09 Å². The van der Waals surface area contributed by atoms with Crippen LogP contribution in [-0.2, 0) is 4.74 Å². The SMILES string of the molecule is COc1ccc(NC(N)=NCCC2CCCN(C(=O)OC(C)(C)C)C2)cc1.I. The van der Waals surface area contributed by atoms with Crippen molar-refractivity contribution in [1.82, 2.24) is 4.90 Å². The predicted octanol–water partition coefficient (Wildman–Crippen LogP) is 4.08. The van der Waals surface area contributed by atoms with Gasteiger partial charge in [0.1, 0.15) is 11.4 Å². The van der Waals surface area contributed by atoms with Crippen molar-refractivity contribution in [3.8, 4) is 5.75 Å². The van der Waals surface area contributed by atoms with Gasteiger partial charge in [0.15, 0.2) is 5.96 Å². The van der Waals surface area contributed by atoms with E-state index in [4.69, 9.17) is 15.2 Å². The molecule has 0 radical (unpaired) electrons. The molecule has 8 heteroatoms. The maximum Gasteiger partial charge on any atom is 0.410 e. The molecule has 28 heavy (non-hydrogen) atoms. The van der Waals surface area contributed by atoms with Crippen molar-refractivity contribution < 1.29 is 14.3 Å². The van der Waals surface area contributed by atoms with Crippen LogP contribution in [0, 0.1) is 5.92 Å². The zero-order valence-corrected chi connectivity index (χ0v) is 19.6. The first-order chi connectivity index (χ1) is 12.8. The molecule has 0 spiro atoms. The molecule has 158 valence electrons. The maximum absolute atomic E-state index is 12.2. The van der Waals surface area contributed by atoms with E-state index in [2.05, 4.69) is 10.3 Å². The van der Waals surface area contributed by atoms with Gasteiger partial charge in [-0.3, -0.25) is 4.99 Å². The van der Waals surface area contributed by atoms with E-state index in [9.17, 15) is 4.79 Å². The van der Waals surface area contributed by atoms with E-state index in [0.29, 0.717) is 18.4 Å². The lowest BCUT2D eigenvalue weighted by atomic mass is 9.95. The molecule has 1 atom stereocenters. The Morgan fingerprint density at radius 1 is 1.32 bits per heavy atom. The number of guanidine groups is 1. The molecular formula is C20H33IN4O3. The molecule has 0 aromatic heterocycles. The molecule has 1 unspecified atom stereocenters. The fourth-order valence-corrected chi connectivity index (χ4v) is 3.02. The van der Waals surface area contributed by atoms with Gasteiger partial charge in [0.2, 0.25) is 0 Å². The normalized spacial score (nSPS) is 17.5. The van der Waals surface area contributed by atoms with Crippen LogP contribution in [0.25, 0.3) is 0 Å². The monoisotopic (exact) mass is 504 g/mol. The summed E-state index contributed by atoms with van der Waals surface area (Å²) in [5.41, 5.74) is 6.36. The van der Waals surface area contributed by atoms with E-state index in [1.807, 2.05) is 49.9 Å². The van der Waals surface area contributed by atoms with Crippen molar-refractivity contribution in [2.45, 2.75) is 45.6 Å². The highest BCUT2D eigenvalue weighted by molar-refractivity contribution is 14.0. The average molecular weight is 504 g/mol. The van der Waals surface area contributed by atoms with Gasteiger partial charge in [-0.25, -0.2) is 4.79 Å². The minimum absolute atomic E-state index is 0. The molecule has 0 bridgehead atoms. The van der Waals surface area contributed by atoms with Gasteiger partial charge in [-0.05, 0) is 70.2 Å². The maximum atomic E-state index is 12.2. The lowest BCUT2D eigenvalue weighted by molar-refractivity contribution is 0.0163. The van der Waals surface area contributed by atoms with Gasteiger partial charge in [0.05, 0.1) is 7.11 Å². The number of anilines is 1. The topological polar surface area (TPSA) is 89.2 Å². The summed E-state index contributed by atoms with van der Waals surface area (Å²) in [6.07, 6.45) is 2.76. The number of rotatable bonds is 5. The fourth-order valence-electron chi connectivity index (χ4n) is 3.02. The molecule has 1 heterocycles.